The summed E-state index contributed by atoms with van der Waals surface area (Å²) in [6.07, 6.45) is 7.10. The number of hydrogen-bond donors (Lipinski definition) is 1. The summed E-state index contributed by atoms with van der Waals surface area (Å²) in [7, 11) is 0. The highest BCUT2D eigenvalue weighted by molar-refractivity contribution is 9.10. The standard InChI is InChI=1S/C20H19BrN4O2/c1-4-17(23-18(26)11-15-6-5-7-16(21)10-15)9-8-13(2)20-24-25-14(3)22-12-19(25)27-20/h4-10,12H,1,11H2,2-3H3,(H,23,26). The summed E-state index contributed by atoms with van der Waals surface area (Å²) in [5.41, 5.74) is 2.94. The maximum atomic E-state index is 12.3. The highest BCUT2D eigenvalue weighted by atomic mass is 79.9. The lowest BCUT2D eigenvalue weighted by atomic mass is 10.1. The van der Waals surface area contributed by atoms with Crippen LogP contribution in [-0.4, -0.2) is 20.5 Å². The van der Waals surface area contributed by atoms with Crippen molar-refractivity contribution in [3.63, 3.8) is 0 Å². The van der Waals surface area contributed by atoms with E-state index in [0.29, 0.717) is 17.3 Å². The Kier molecular flexibility index (Phi) is 5.71. The van der Waals surface area contributed by atoms with Crippen LogP contribution in [0.15, 0.2) is 69.9 Å². The molecule has 0 radical (unpaired) electrons. The number of nitrogens with one attached hydrogen (secondary N) is 1. The fourth-order valence-corrected chi connectivity index (χ4v) is 2.91. The average molecular weight is 427 g/mol. The molecule has 3 aromatic rings. The predicted molar refractivity (Wildman–Crippen MR) is 108 cm³/mol. The van der Waals surface area contributed by atoms with Crippen LogP contribution in [0.4, 0.5) is 0 Å². The molecule has 2 heterocycles. The second-order valence-electron chi connectivity index (χ2n) is 5.99. The van der Waals surface area contributed by atoms with E-state index in [1.807, 2.05) is 44.2 Å². The van der Waals surface area contributed by atoms with E-state index in [-0.39, 0.29) is 12.3 Å². The van der Waals surface area contributed by atoms with Gasteiger partial charge in [-0.15, -0.1) is 5.10 Å². The highest BCUT2D eigenvalue weighted by Gasteiger charge is 2.10. The highest BCUT2D eigenvalue weighted by Crippen LogP contribution is 2.16. The zero-order valence-electron chi connectivity index (χ0n) is 15.1. The largest absolute Gasteiger partial charge is 0.417 e. The van der Waals surface area contributed by atoms with Gasteiger partial charge in [-0.3, -0.25) is 4.79 Å². The van der Waals surface area contributed by atoms with E-state index in [0.717, 1.165) is 21.4 Å². The third-order valence-corrected chi connectivity index (χ3v) is 4.37. The van der Waals surface area contributed by atoms with Crippen LogP contribution in [0.5, 0.6) is 0 Å². The van der Waals surface area contributed by atoms with Crippen molar-refractivity contribution >= 4 is 33.1 Å². The number of fused-ring (bicyclic) bond motifs is 1. The number of aromatic nitrogens is 3. The molecule has 0 saturated carbocycles. The lowest BCUT2D eigenvalue weighted by molar-refractivity contribution is -0.119. The number of nitrogens with zero attached hydrogens (tertiary/aromatic N) is 3. The van der Waals surface area contributed by atoms with Gasteiger partial charge in [0.05, 0.1) is 12.6 Å². The first-order chi connectivity index (χ1) is 13.0. The minimum Gasteiger partial charge on any atom is -0.417 e. The van der Waals surface area contributed by atoms with Gasteiger partial charge in [0.2, 0.25) is 17.5 Å². The summed E-state index contributed by atoms with van der Waals surface area (Å²) in [6, 6.07) is 7.65. The zero-order chi connectivity index (χ0) is 19.4. The average Bonchev–Trinajstić information content (AvgIpc) is 3.20. The van der Waals surface area contributed by atoms with Crippen molar-refractivity contribution in [1.82, 2.24) is 19.9 Å². The van der Waals surface area contributed by atoms with E-state index in [4.69, 9.17) is 4.42 Å². The Morgan fingerprint density at radius 1 is 1.41 bits per heavy atom. The van der Waals surface area contributed by atoms with Crippen molar-refractivity contribution < 1.29 is 9.21 Å². The fourth-order valence-electron chi connectivity index (χ4n) is 2.46. The van der Waals surface area contributed by atoms with E-state index in [1.165, 1.54) is 0 Å². The Hall–Kier alpha value is -2.93. The molecule has 0 bridgehead atoms. The minimum atomic E-state index is -0.114. The summed E-state index contributed by atoms with van der Waals surface area (Å²) >= 11 is 3.41. The van der Waals surface area contributed by atoms with Crippen LogP contribution < -0.4 is 5.32 Å². The number of benzene rings is 1. The van der Waals surface area contributed by atoms with Crippen LogP contribution in [-0.2, 0) is 11.2 Å². The van der Waals surface area contributed by atoms with Gasteiger partial charge in [0, 0.05) is 15.7 Å². The predicted octanol–water partition coefficient (Wildman–Crippen LogP) is 4.23. The molecule has 0 aliphatic rings. The molecule has 3 rings (SSSR count). The molecule has 138 valence electrons. The SMILES string of the molecule is C=CC(=CC=C(C)c1nn2c(C)ncc2o1)NC(=O)Cc1cccc(Br)c1. The molecule has 1 amide bonds. The van der Waals surface area contributed by atoms with Crippen molar-refractivity contribution in [2.75, 3.05) is 0 Å². The van der Waals surface area contributed by atoms with Crippen LogP contribution in [0.1, 0.15) is 24.2 Å². The fraction of sp³-hybridized carbons (Fsp3) is 0.150. The van der Waals surface area contributed by atoms with Gasteiger partial charge in [-0.25, -0.2) is 4.98 Å². The van der Waals surface area contributed by atoms with Crippen molar-refractivity contribution in [3.05, 3.63) is 82.7 Å². The van der Waals surface area contributed by atoms with E-state index in [9.17, 15) is 4.79 Å². The van der Waals surface area contributed by atoms with E-state index in [2.05, 4.69) is 37.9 Å². The second-order valence-corrected chi connectivity index (χ2v) is 6.91. The molecule has 0 aliphatic carbocycles. The molecule has 0 unspecified atom stereocenters. The van der Waals surface area contributed by atoms with Crippen molar-refractivity contribution in [2.45, 2.75) is 20.3 Å². The molecule has 0 fully saturated rings. The van der Waals surface area contributed by atoms with Crippen LogP contribution in [0.3, 0.4) is 0 Å². The Labute approximate surface area is 165 Å². The molecule has 27 heavy (non-hydrogen) atoms. The van der Waals surface area contributed by atoms with Crippen LogP contribution >= 0.6 is 15.9 Å². The van der Waals surface area contributed by atoms with Gasteiger partial charge in [0.15, 0.2) is 0 Å². The summed E-state index contributed by atoms with van der Waals surface area (Å²) < 4.78 is 8.25. The molecule has 0 aliphatic heterocycles. The molecule has 0 atom stereocenters. The smallest absolute Gasteiger partial charge is 0.242 e. The molecule has 0 saturated heterocycles. The normalized spacial score (nSPS) is 12.4. The van der Waals surface area contributed by atoms with Gasteiger partial charge in [-0.1, -0.05) is 40.7 Å². The first-order valence-electron chi connectivity index (χ1n) is 8.33. The lowest BCUT2D eigenvalue weighted by Gasteiger charge is -2.06. The third-order valence-electron chi connectivity index (χ3n) is 3.88. The number of carbonyl (C=O) groups is 1. The van der Waals surface area contributed by atoms with Crippen molar-refractivity contribution in [2.24, 2.45) is 0 Å². The molecule has 1 N–H and O–H groups in total. The zero-order valence-corrected chi connectivity index (χ0v) is 16.7. The lowest BCUT2D eigenvalue weighted by Crippen LogP contribution is -2.23. The minimum absolute atomic E-state index is 0.114. The van der Waals surface area contributed by atoms with Gasteiger partial charge in [0.1, 0.15) is 5.82 Å². The summed E-state index contributed by atoms with van der Waals surface area (Å²) in [5, 5.41) is 7.22. The van der Waals surface area contributed by atoms with Crippen LogP contribution in [0.2, 0.25) is 0 Å². The van der Waals surface area contributed by atoms with Gasteiger partial charge < -0.3 is 9.73 Å². The van der Waals surface area contributed by atoms with Crippen LogP contribution in [0.25, 0.3) is 11.3 Å². The van der Waals surface area contributed by atoms with Gasteiger partial charge in [-0.05, 0) is 43.7 Å². The number of amides is 1. The molecule has 2 aromatic heterocycles. The molecule has 6 nitrogen and oxygen atoms in total. The molecule has 0 spiro atoms. The summed E-state index contributed by atoms with van der Waals surface area (Å²) in [4.78, 5) is 16.4. The Morgan fingerprint density at radius 3 is 2.93 bits per heavy atom. The second kappa shape index (κ2) is 8.18. The van der Waals surface area contributed by atoms with E-state index >= 15 is 0 Å². The van der Waals surface area contributed by atoms with Crippen molar-refractivity contribution in [3.8, 4) is 0 Å². The topological polar surface area (TPSA) is 72.4 Å². The number of allylic oxidation sites excluding steroid dienone is 4. The third kappa shape index (κ3) is 4.62. The summed E-state index contributed by atoms with van der Waals surface area (Å²) in [6.45, 7) is 7.49. The number of hydrogen-bond acceptors (Lipinski definition) is 4. The monoisotopic (exact) mass is 426 g/mol. The Morgan fingerprint density at radius 2 is 2.22 bits per heavy atom. The first kappa shape index (κ1) is 18.8. The maximum Gasteiger partial charge on any atom is 0.242 e. The number of carbonyl (C=O) groups excluding carboxylic acids is 1. The summed E-state index contributed by atoms with van der Waals surface area (Å²) in [5.74, 6) is 1.14. The van der Waals surface area contributed by atoms with E-state index in [1.54, 1.807) is 22.9 Å². The number of imidazole rings is 1. The number of halogens is 1. The quantitative estimate of drug-likeness (QED) is 0.598. The van der Waals surface area contributed by atoms with Gasteiger partial charge >= 0.3 is 0 Å². The van der Waals surface area contributed by atoms with Crippen LogP contribution in [0, 0.1) is 6.92 Å². The Balaban J connectivity index is 1.70. The van der Waals surface area contributed by atoms with Crippen molar-refractivity contribution in [1.29, 1.82) is 0 Å². The first-order valence-corrected chi connectivity index (χ1v) is 9.12. The van der Waals surface area contributed by atoms with Gasteiger partial charge in [0.25, 0.3) is 0 Å². The Bertz CT molecular complexity index is 1060. The molecule has 1 aromatic carbocycles. The number of rotatable bonds is 6. The van der Waals surface area contributed by atoms with Gasteiger partial charge in [-0.2, -0.15) is 4.52 Å². The maximum absolute atomic E-state index is 12.3. The molecular formula is C20H19BrN4O2. The molecule has 7 heteroatoms. The van der Waals surface area contributed by atoms with E-state index < -0.39 is 0 Å². The number of aryl methyl sites for hydroxylation is 1. The molecular weight excluding hydrogens is 408 g/mol.